The SMILES string of the molecule is CCC.CCC.Oc1ccc(Cc2cccc3ccccc23)cc1. The van der Waals surface area contributed by atoms with Crippen molar-refractivity contribution in [1.82, 2.24) is 0 Å². The summed E-state index contributed by atoms with van der Waals surface area (Å²) in [5.74, 6) is 0.316. The van der Waals surface area contributed by atoms with E-state index in [0.717, 1.165) is 6.42 Å². The molecular formula is C23H30O. The van der Waals surface area contributed by atoms with Gasteiger partial charge in [0.05, 0.1) is 0 Å². The summed E-state index contributed by atoms with van der Waals surface area (Å²) in [5, 5.41) is 11.9. The Hall–Kier alpha value is -2.28. The molecule has 0 saturated heterocycles. The fourth-order valence-electron chi connectivity index (χ4n) is 2.28. The van der Waals surface area contributed by atoms with E-state index < -0.39 is 0 Å². The Balaban J connectivity index is 0.000000423. The van der Waals surface area contributed by atoms with Crippen molar-refractivity contribution in [3.05, 3.63) is 77.9 Å². The van der Waals surface area contributed by atoms with Gasteiger partial charge in [-0.1, -0.05) is 95.1 Å². The van der Waals surface area contributed by atoms with Crippen molar-refractivity contribution in [3.8, 4) is 5.75 Å². The van der Waals surface area contributed by atoms with Crippen molar-refractivity contribution < 1.29 is 5.11 Å². The van der Waals surface area contributed by atoms with Crippen LogP contribution in [-0.2, 0) is 6.42 Å². The molecule has 1 nitrogen and oxygen atoms in total. The molecule has 0 radical (unpaired) electrons. The minimum Gasteiger partial charge on any atom is -0.508 e. The van der Waals surface area contributed by atoms with Gasteiger partial charge in [0.25, 0.3) is 0 Å². The molecule has 0 bridgehead atoms. The van der Waals surface area contributed by atoms with E-state index in [1.54, 1.807) is 12.1 Å². The second-order valence-corrected chi connectivity index (χ2v) is 5.90. The van der Waals surface area contributed by atoms with Gasteiger partial charge in [0.1, 0.15) is 5.75 Å². The summed E-state index contributed by atoms with van der Waals surface area (Å²) in [5.41, 5.74) is 2.53. The average molecular weight is 322 g/mol. The first kappa shape index (κ1) is 19.8. The van der Waals surface area contributed by atoms with Gasteiger partial charge >= 0.3 is 0 Å². The highest BCUT2D eigenvalue weighted by atomic mass is 16.3. The Bertz CT molecular complexity index is 691. The van der Waals surface area contributed by atoms with Gasteiger partial charge < -0.3 is 5.11 Å². The van der Waals surface area contributed by atoms with Crippen LogP contribution in [0.1, 0.15) is 51.7 Å². The zero-order chi connectivity index (χ0) is 17.8. The first-order chi connectivity index (χ1) is 11.7. The number of phenolic OH excluding ortho intramolecular Hbond substituents is 1. The van der Waals surface area contributed by atoms with Crippen LogP contribution >= 0.6 is 0 Å². The van der Waals surface area contributed by atoms with E-state index >= 15 is 0 Å². The second-order valence-electron chi connectivity index (χ2n) is 5.90. The maximum atomic E-state index is 9.29. The summed E-state index contributed by atoms with van der Waals surface area (Å²) in [7, 11) is 0. The van der Waals surface area contributed by atoms with Crippen molar-refractivity contribution in [1.29, 1.82) is 0 Å². The van der Waals surface area contributed by atoms with Gasteiger partial charge in [0.2, 0.25) is 0 Å². The van der Waals surface area contributed by atoms with Crippen molar-refractivity contribution in [2.45, 2.75) is 47.0 Å². The predicted molar refractivity (Wildman–Crippen MR) is 107 cm³/mol. The lowest BCUT2D eigenvalue weighted by atomic mass is 9.98. The molecule has 0 saturated carbocycles. The van der Waals surface area contributed by atoms with Crippen LogP contribution in [0, 0.1) is 0 Å². The number of aromatic hydroxyl groups is 1. The topological polar surface area (TPSA) is 20.2 Å². The second kappa shape index (κ2) is 11.3. The molecule has 0 fully saturated rings. The molecule has 0 aromatic heterocycles. The molecule has 3 aromatic carbocycles. The molecule has 1 heteroatoms. The van der Waals surface area contributed by atoms with E-state index in [1.165, 1.54) is 34.7 Å². The standard InChI is InChI=1S/C17H14O.2C3H8/c18-16-10-8-13(9-11-16)12-15-6-3-5-14-4-1-2-7-17(14)15;2*1-3-2/h1-11,18H,12H2;2*3H2,1-2H3. The zero-order valence-corrected chi connectivity index (χ0v) is 15.4. The molecule has 128 valence electrons. The van der Waals surface area contributed by atoms with Crippen LogP contribution in [0.25, 0.3) is 10.8 Å². The molecule has 0 aliphatic carbocycles. The molecule has 3 rings (SSSR count). The lowest BCUT2D eigenvalue weighted by molar-refractivity contribution is 0.475. The Kier molecular flexibility index (Phi) is 9.29. The Labute approximate surface area is 147 Å². The third-order valence-electron chi connectivity index (χ3n) is 3.21. The summed E-state index contributed by atoms with van der Waals surface area (Å²) in [6.07, 6.45) is 3.39. The summed E-state index contributed by atoms with van der Waals surface area (Å²) in [6, 6.07) is 22.2. The van der Waals surface area contributed by atoms with Crippen LogP contribution < -0.4 is 0 Å². The van der Waals surface area contributed by atoms with Crippen LogP contribution in [-0.4, -0.2) is 5.11 Å². The molecule has 0 amide bonds. The number of rotatable bonds is 2. The van der Waals surface area contributed by atoms with Gasteiger partial charge in [-0.15, -0.1) is 0 Å². The number of hydrogen-bond acceptors (Lipinski definition) is 1. The molecule has 0 atom stereocenters. The first-order valence-electron chi connectivity index (χ1n) is 8.90. The molecule has 3 aromatic rings. The van der Waals surface area contributed by atoms with Crippen LogP contribution in [0.5, 0.6) is 5.75 Å². The Morgan fingerprint density at radius 2 is 1.21 bits per heavy atom. The molecule has 1 N–H and O–H groups in total. The van der Waals surface area contributed by atoms with E-state index in [9.17, 15) is 5.11 Å². The number of fused-ring (bicyclic) bond motifs is 1. The molecule has 0 aliphatic heterocycles. The maximum Gasteiger partial charge on any atom is 0.115 e. The van der Waals surface area contributed by atoms with Crippen molar-refractivity contribution in [2.75, 3.05) is 0 Å². The molecule has 0 unspecified atom stereocenters. The lowest BCUT2D eigenvalue weighted by Gasteiger charge is -2.06. The summed E-state index contributed by atoms with van der Waals surface area (Å²) < 4.78 is 0. The first-order valence-corrected chi connectivity index (χ1v) is 8.90. The average Bonchev–Trinajstić information content (AvgIpc) is 2.59. The normalized spacial score (nSPS) is 9.50. The number of phenols is 1. The Morgan fingerprint density at radius 3 is 1.83 bits per heavy atom. The number of benzene rings is 3. The van der Waals surface area contributed by atoms with Crippen LogP contribution in [0.4, 0.5) is 0 Å². The van der Waals surface area contributed by atoms with Crippen molar-refractivity contribution in [2.24, 2.45) is 0 Å². The van der Waals surface area contributed by atoms with E-state index in [1.807, 2.05) is 12.1 Å². The molecule has 0 spiro atoms. The minimum absolute atomic E-state index is 0.316. The van der Waals surface area contributed by atoms with Gasteiger partial charge in [-0.05, 0) is 40.5 Å². The largest absolute Gasteiger partial charge is 0.508 e. The highest BCUT2D eigenvalue weighted by Crippen LogP contribution is 2.22. The van der Waals surface area contributed by atoms with Crippen LogP contribution in [0.2, 0.25) is 0 Å². The minimum atomic E-state index is 0.316. The van der Waals surface area contributed by atoms with E-state index in [2.05, 4.69) is 70.2 Å². The van der Waals surface area contributed by atoms with E-state index in [4.69, 9.17) is 0 Å². The quantitative estimate of drug-likeness (QED) is 0.540. The zero-order valence-electron chi connectivity index (χ0n) is 15.4. The monoisotopic (exact) mass is 322 g/mol. The van der Waals surface area contributed by atoms with Gasteiger partial charge in [0, 0.05) is 0 Å². The smallest absolute Gasteiger partial charge is 0.115 e. The molecule has 0 heterocycles. The molecule has 0 aliphatic rings. The summed E-state index contributed by atoms with van der Waals surface area (Å²) in [6.45, 7) is 8.50. The van der Waals surface area contributed by atoms with Gasteiger partial charge in [-0.2, -0.15) is 0 Å². The summed E-state index contributed by atoms with van der Waals surface area (Å²) in [4.78, 5) is 0. The van der Waals surface area contributed by atoms with E-state index in [-0.39, 0.29) is 0 Å². The van der Waals surface area contributed by atoms with E-state index in [0.29, 0.717) is 5.75 Å². The van der Waals surface area contributed by atoms with Crippen molar-refractivity contribution in [3.63, 3.8) is 0 Å². The molecular weight excluding hydrogens is 292 g/mol. The maximum absolute atomic E-state index is 9.29. The van der Waals surface area contributed by atoms with Gasteiger partial charge in [0.15, 0.2) is 0 Å². The fraction of sp³-hybridized carbons (Fsp3) is 0.304. The van der Waals surface area contributed by atoms with Gasteiger partial charge in [-0.25, -0.2) is 0 Å². The third-order valence-corrected chi connectivity index (χ3v) is 3.21. The van der Waals surface area contributed by atoms with Crippen LogP contribution in [0.3, 0.4) is 0 Å². The molecule has 24 heavy (non-hydrogen) atoms. The number of hydrogen-bond donors (Lipinski definition) is 1. The van der Waals surface area contributed by atoms with Crippen LogP contribution in [0.15, 0.2) is 66.7 Å². The third kappa shape index (κ3) is 6.45. The van der Waals surface area contributed by atoms with Crippen molar-refractivity contribution >= 4 is 10.8 Å². The highest BCUT2D eigenvalue weighted by Gasteiger charge is 2.01. The highest BCUT2D eigenvalue weighted by molar-refractivity contribution is 5.85. The lowest BCUT2D eigenvalue weighted by Crippen LogP contribution is -1.89. The Morgan fingerprint density at radius 1 is 0.667 bits per heavy atom. The fourth-order valence-corrected chi connectivity index (χ4v) is 2.28. The van der Waals surface area contributed by atoms with Gasteiger partial charge in [-0.3, -0.25) is 0 Å². The summed E-state index contributed by atoms with van der Waals surface area (Å²) >= 11 is 0. The predicted octanol–water partition coefficient (Wildman–Crippen LogP) is 6.97.